The van der Waals surface area contributed by atoms with Gasteiger partial charge in [-0.05, 0) is 6.42 Å². The van der Waals surface area contributed by atoms with E-state index in [1.165, 1.54) is 51.4 Å². The zero-order valence-electron chi connectivity index (χ0n) is 13.2. The highest BCUT2D eigenvalue weighted by molar-refractivity contribution is 5.91. The third-order valence-corrected chi connectivity index (χ3v) is 3.73. The second-order valence-electron chi connectivity index (χ2n) is 5.68. The number of aromatic nitrogens is 2. The first-order valence-corrected chi connectivity index (χ1v) is 8.21. The van der Waals surface area contributed by atoms with Crippen molar-refractivity contribution in [1.29, 1.82) is 0 Å². The molecule has 120 valence electrons. The largest absolute Gasteiger partial charge is 0.476 e. The van der Waals surface area contributed by atoms with Gasteiger partial charge in [-0.25, -0.2) is 4.79 Å². The van der Waals surface area contributed by atoms with Crippen molar-refractivity contribution in [3.8, 4) is 0 Å². The van der Waals surface area contributed by atoms with Crippen LogP contribution in [0.1, 0.15) is 81.6 Å². The van der Waals surface area contributed by atoms with E-state index in [4.69, 9.17) is 10.8 Å². The maximum absolute atomic E-state index is 10.8. The molecule has 0 saturated heterocycles. The van der Waals surface area contributed by atoms with Gasteiger partial charge in [0.1, 0.15) is 0 Å². The first-order chi connectivity index (χ1) is 10.1. The van der Waals surface area contributed by atoms with E-state index in [1.807, 2.05) is 0 Å². The van der Waals surface area contributed by atoms with Gasteiger partial charge in [-0.1, -0.05) is 64.7 Å². The fourth-order valence-electron chi connectivity index (χ4n) is 2.48. The van der Waals surface area contributed by atoms with Crippen LogP contribution in [0.3, 0.4) is 0 Å². The second kappa shape index (κ2) is 10.2. The highest BCUT2D eigenvalue weighted by atomic mass is 16.4. The maximum Gasteiger partial charge on any atom is 0.358 e. The van der Waals surface area contributed by atoms with E-state index in [0.29, 0.717) is 0 Å². The summed E-state index contributed by atoms with van der Waals surface area (Å²) in [6, 6.07) is 0. The molecule has 1 aromatic rings. The van der Waals surface area contributed by atoms with Gasteiger partial charge in [-0.3, -0.25) is 4.68 Å². The van der Waals surface area contributed by atoms with Crippen LogP contribution in [0.2, 0.25) is 0 Å². The Balaban J connectivity index is 2.02. The predicted octanol–water partition coefficient (Wildman–Crippen LogP) is 4.08. The molecule has 0 aliphatic heterocycles. The van der Waals surface area contributed by atoms with Crippen molar-refractivity contribution in [2.24, 2.45) is 0 Å². The molecule has 1 heterocycles. The summed E-state index contributed by atoms with van der Waals surface area (Å²) in [6.45, 7) is 2.99. The number of nitrogen functional groups attached to an aromatic ring is 1. The molecule has 0 saturated carbocycles. The Morgan fingerprint density at radius 3 is 2.10 bits per heavy atom. The Labute approximate surface area is 127 Å². The van der Waals surface area contributed by atoms with Gasteiger partial charge in [0, 0.05) is 12.7 Å². The van der Waals surface area contributed by atoms with Crippen LogP contribution in [-0.2, 0) is 6.54 Å². The van der Waals surface area contributed by atoms with Crippen LogP contribution in [0.5, 0.6) is 0 Å². The van der Waals surface area contributed by atoms with Crippen LogP contribution in [0.4, 0.5) is 5.69 Å². The Kier molecular flexibility index (Phi) is 8.55. The van der Waals surface area contributed by atoms with Crippen molar-refractivity contribution in [2.75, 3.05) is 5.73 Å². The monoisotopic (exact) mass is 295 g/mol. The second-order valence-corrected chi connectivity index (χ2v) is 5.68. The minimum atomic E-state index is -1.06. The first-order valence-electron chi connectivity index (χ1n) is 8.21. The number of carboxylic acids is 1. The molecule has 0 aliphatic rings. The number of anilines is 1. The summed E-state index contributed by atoms with van der Waals surface area (Å²) in [7, 11) is 0. The third-order valence-electron chi connectivity index (χ3n) is 3.73. The fourth-order valence-corrected chi connectivity index (χ4v) is 2.48. The summed E-state index contributed by atoms with van der Waals surface area (Å²) in [5.74, 6) is -1.06. The fraction of sp³-hybridized carbons (Fsp3) is 0.750. The van der Waals surface area contributed by atoms with Crippen LogP contribution in [0.25, 0.3) is 0 Å². The molecular weight excluding hydrogens is 266 g/mol. The maximum atomic E-state index is 10.8. The van der Waals surface area contributed by atoms with E-state index in [-0.39, 0.29) is 11.4 Å². The van der Waals surface area contributed by atoms with Crippen LogP contribution in [0.15, 0.2) is 6.20 Å². The number of rotatable bonds is 12. The van der Waals surface area contributed by atoms with Crippen molar-refractivity contribution in [3.63, 3.8) is 0 Å². The molecule has 0 unspecified atom stereocenters. The standard InChI is InChI=1S/C16H29N3O2/c1-2-3-4-5-6-7-8-9-10-11-12-19-13-14(17)15(18-19)16(20)21/h13H,2-12,17H2,1H3,(H,20,21). The highest BCUT2D eigenvalue weighted by Crippen LogP contribution is 2.12. The number of aromatic carboxylic acids is 1. The van der Waals surface area contributed by atoms with Gasteiger partial charge < -0.3 is 10.8 Å². The van der Waals surface area contributed by atoms with Gasteiger partial charge in [0.2, 0.25) is 0 Å². The lowest BCUT2D eigenvalue weighted by molar-refractivity contribution is 0.0690. The summed E-state index contributed by atoms with van der Waals surface area (Å²) in [4.78, 5) is 10.8. The molecule has 21 heavy (non-hydrogen) atoms. The van der Waals surface area contributed by atoms with E-state index in [9.17, 15) is 4.79 Å². The molecule has 3 N–H and O–H groups in total. The summed E-state index contributed by atoms with van der Waals surface area (Å²) in [5, 5.41) is 12.8. The van der Waals surface area contributed by atoms with Crippen LogP contribution >= 0.6 is 0 Å². The quantitative estimate of drug-likeness (QED) is 0.569. The summed E-state index contributed by atoms with van der Waals surface area (Å²) >= 11 is 0. The molecule has 0 aliphatic carbocycles. The predicted molar refractivity (Wildman–Crippen MR) is 85.4 cm³/mol. The molecule has 0 atom stereocenters. The SMILES string of the molecule is CCCCCCCCCCCCn1cc(N)c(C(=O)O)n1. The lowest BCUT2D eigenvalue weighted by atomic mass is 10.1. The molecule has 0 amide bonds. The molecule has 1 rings (SSSR count). The molecular formula is C16H29N3O2. The number of hydrogen-bond acceptors (Lipinski definition) is 3. The van der Waals surface area contributed by atoms with Crippen molar-refractivity contribution in [3.05, 3.63) is 11.9 Å². The zero-order valence-corrected chi connectivity index (χ0v) is 13.2. The molecule has 5 nitrogen and oxygen atoms in total. The zero-order chi connectivity index (χ0) is 15.5. The van der Waals surface area contributed by atoms with Crippen molar-refractivity contribution in [2.45, 2.75) is 77.7 Å². The minimum absolute atomic E-state index is 0.0397. The van der Waals surface area contributed by atoms with Crippen LogP contribution < -0.4 is 5.73 Å². The van der Waals surface area contributed by atoms with Crippen molar-refractivity contribution >= 4 is 11.7 Å². The number of aryl methyl sites for hydroxylation is 1. The summed E-state index contributed by atoms with van der Waals surface area (Å²) < 4.78 is 1.64. The summed E-state index contributed by atoms with van der Waals surface area (Å²) in [6.07, 6.45) is 14.5. The van der Waals surface area contributed by atoms with Gasteiger partial charge in [-0.2, -0.15) is 5.10 Å². The van der Waals surface area contributed by atoms with E-state index in [1.54, 1.807) is 10.9 Å². The Morgan fingerprint density at radius 2 is 1.62 bits per heavy atom. The lowest BCUT2D eigenvalue weighted by Crippen LogP contribution is -2.03. The van der Waals surface area contributed by atoms with Crippen molar-refractivity contribution in [1.82, 2.24) is 9.78 Å². The van der Waals surface area contributed by atoms with Crippen LogP contribution in [0, 0.1) is 0 Å². The molecule has 1 aromatic heterocycles. The van der Waals surface area contributed by atoms with Gasteiger partial charge in [-0.15, -0.1) is 0 Å². The molecule has 0 fully saturated rings. The van der Waals surface area contributed by atoms with Gasteiger partial charge in [0.05, 0.1) is 5.69 Å². The first kappa shape index (κ1) is 17.5. The van der Waals surface area contributed by atoms with Gasteiger partial charge >= 0.3 is 5.97 Å². The molecule has 0 radical (unpaired) electrons. The Morgan fingerprint density at radius 1 is 1.10 bits per heavy atom. The van der Waals surface area contributed by atoms with Crippen molar-refractivity contribution < 1.29 is 9.90 Å². The van der Waals surface area contributed by atoms with Gasteiger partial charge in [0.25, 0.3) is 0 Å². The van der Waals surface area contributed by atoms with E-state index in [0.717, 1.165) is 19.4 Å². The van der Waals surface area contributed by atoms with E-state index in [2.05, 4.69) is 12.0 Å². The number of carboxylic acid groups (broad SMARTS) is 1. The molecule has 0 aromatic carbocycles. The normalized spacial score (nSPS) is 10.9. The average Bonchev–Trinajstić information content (AvgIpc) is 2.82. The number of carbonyl (C=O) groups is 1. The topological polar surface area (TPSA) is 81.1 Å². The van der Waals surface area contributed by atoms with E-state index >= 15 is 0 Å². The number of unbranched alkanes of at least 4 members (excludes halogenated alkanes) is 9. The number of nitrogens with zero attached hydrogens (tertiary/aromatic N) is 2. The van der Waals surface area contributed by atoms with Gasteiger partial charge in [0.15, 0.2) is 5.69 Å². The third kappa shape index (κ3) is 7.16. The number of hydrogen-bond donors (Lipinski definition) is 2. The lowest BCUT2D eigenvalue weighted by Gasteiger charge is -2.03. The smallest absolute Gasteiger partial charge is 0.358 e. The average molecular weight is 295 g/mol. The summed E-state index contributed by atoms with van der Waals surface area (Å²) in [5.41, 5.74) is 5.80. The Bertz CT molecular complexity index is 416. The Hall–Kier alpha value is -1.52. The number of nitrogens with two attached hydrogens (primary N) is 1. The minimum Gasteiger partial charge on any atom is -0.476 e. The molecule has 5 heteroatoms. The van der Waals surface area contributed by atoms with Crippen LogP contribution in [-0.4, -0.2) is 20.9 Å². The van der Waals surface area contributed by atoms with E-state index < -0.39 is 5.97 Å². The highest BCUT2D eigenvalue weighted by Gasteiger charge is 2.12. The molecule has 0 bridgehead atoms. The molecule has 0 spiro atoms.